The number of halogens is 1. The lowest BCUT2D eigenvalue weighted by molar-refractivity contribution is 0.392. The Hall–Kier alpha value is 0.650. The molecule has 1 fully saturated rings. The van der Waals surface area contributed by atoms with E-state index in [4.69, 9.17) is 5.84 Å². The van der Waals surface area contributed by atoms with Crippen molar-refractivity contribution in [2.45, 2.75) is 35.6 Å². The second kappa shape index (κ2) is 3.73. The van der Waals surface area contributed by atoms with Crippen molar-refractivity contribution in [3.63, 3.8) is 0 Å². The molecule has 0 bridgehead atoms. The minimum Gasteiger partial charge on any atom is -0.271 e. The zero-order valence-electron chi connectivity index (χ0n) is 5.44. The molecule has 0 heterocycles. The highest BCUT2D eigenvalue weighted by Crippen LogP contribution is 2.23. The lowest BCUT2D eigenvalue weighted by Crippen LogP contribution is -2.37. The fourth-order valence-corrected chi connectivity index (χ4v) is 1.94. The molecule has 3 N–H and O–H groups in total. The highest BCUT2D eigenvalue weighted by molar-refractivity contribution is 14.1. The maximum atomic E-state index is 5.30. The summed E-state index contributed by atoms with van der Waals surface area (Å²) < 4.78 is 0.896. The first-order valence-corrected chi connectivity index (χ1v) is 4.67. The van der Waals surface area contributed by atoms with Crippen LogP contribution in [0.25, 0.3) is 0 Å². The summed E-state index contributed by atoms with van der Waals surface area (Å²) in [6, 6.07) is 0.594. The molecule has 3 heteroatoms. The Balaban J connectivity index is 2.18. The zero-order chi connectivity index (χ0) is 6.69. The monoisotopic (exact) mass is 240 g/mol. The van der Waals surface area contributed by atoms with Crippen LogP contribution in [0.4, 0.5) is 0 Å². The summed E-state index contributed by atoms with van der Waals surface area (Å²) in [5.74, 6) is 5.30. The normalized spacial score (nSPS) is 36.7. The molecule has 2 nitrogen and oxygen atoms in total. The SMILES string of the molecule is NNC1CCC(I)CC1. The van der Waals surface area contributed by atoms with Crippen LogP contribution >= 0.6 is 22.6 Å². The van der Waals surface area contributed by atoms with Crippen molar-refractivity contribution < 1.29 is 0 Å². The van der Waals surface area contributed by atoms with Crippen molar-refractivity contribution in [2.75, 3.05) is 0 Å². The predicted octanol–water partition coefficient (Wildman–Crippen LogP) is 1.20. The van der Waals surface area contributed by atoms with Crippen molar-refractivity contribution in [2.24, 2.45) is 5.84 Å². The molecular weight excluding hydrogens is 227 g/mol. The number of hydrazine groups is 1. The summed E-state index contributed by atoms with van der Waals surface area (Å²) in [6.07, 6.45) is 5.17. The summed E-state index contributed by atoms with van der Waals surface area (Å²) >= 11 is 2.51. The molecule has 1 aliphatic rings. The highest BCUT2D eigenvalue weighted by Gasteiger charge is 2.16. The maximum absolute atomic E-state index is 5.30. The molecule has 54 valence electrons. The van der Waals surface area contributed by atoms with Gasteiger partial charge in [-0.2, -0.15) is 0 Å². The van der Waals surface area contributed by atoms with Crippen LogP contribution in [0.1, 0.15) is 25.7 Å². The summed E-state index contributed by atoms with van der Waals surface area (Å²) in [4.78, 5) is 0. The average Bonchev–Trinajstić information content (AvgIpc) is 1.90. The second-order valence-corrected chi connectivity index (χ2v) is 4.38. The third kappa shape index (κ3) is 2.39. The highest BCUT2D eigenvalue weighted by atomic mass is 127. The summed E-state index contributed by atoms with van der Waals surface area (Å²) in [6.45, 7) is 0. The predicted molar refractivity (Wildman–Crippen MR) is 47.4 cm³/mol. The maximum Gasteiger partial charge on any atom is 0.0211 e. The van der Waals surface area contributed by atoms with Gasteiger partial charge in [0.25, 0.3) is 0 Å². The van der Waals surface area contributed by atoms with Crippen molar-refractivity contribution in [1.29, 1.82) is 0 Å². The Labute approximate surface area is 69.7 Å². The first-order chi connectivity index (χ1) is 4.33. The average molecular weight is 240 g/mol. The molecule has 0 saturated heterocycles. The Bertz CT molecular complexity index is 79.1. The summed E-state index contributed by atoms with van der Waals surface area (Å²) in [5.41, 5.74) is 2.82. The van der Waals surface area contributed by atoms with E-state index in [0.29, 0.717) is 6.04 Å². The largest absolute Gasteiger partial charge is 0.271 e. The molecule has 1 aliphatic carbocycles. The standard InChI is InChI=1S/C6H13IN2/c7-5-1-3-6(9-8)4-2-5/h5-6,9H,1-4,8H2. The topological polar surface area (TPSA) is 38.0 Å². The van der Waals surface area contributed by atoms with E-state index in [0.717, 1.165) is 3.92 Å². The van der Waals surface area contributed by atoms with Crippen LogP contribution in [0.3, 0.4) is 0 Å². The van der Waals surface area contributed by atoms with Gasteiger partial charge in [0.1, 0.15) is 0 Å². The number of nitrogens with one attached hydrogen (secondary N) is 1. The van der Waals surface area contributed by atoms with Crippen molar-refractivity contribution in [3.05, 3.63) is 0 Å². The van der Waals surface area contributed by atoms with Crippen LogP contribution in [0.5, 0.6) is 0 Å². The molecule has 0 aromatic heterocycles. The van der Waals surface area contributed by atoms with Gasteiger partial charge in [-0.3, -0.25) is 11.3 Å². The minimum absolute atomic E-state index is 0.594. The van der Waals surface area contributed by atoms with Gasteiger partial charge in [-0.25, -0.2) is 0 Å². The van der Waals surface area contributed by atoms with Gasteiger partial charge in [0.15, 0.2) is 0 Å². The molecule has 1 saturated carbocycles. The lowest BCUT2D eigenvalue weighted by Gasteiger charge is -2.23. The summed E-state index contributed by atoms with van der Waals surface area (Å²) in [7, 11) is 0. The van der Waals surface area contributed by atoms with Crippen LogP contribution in [-0.4, -0.2) is 9.97 Å². The van der Waals surface area contributed by atoms with E-state index in [-0.39, 0.29) is 0 Å². The van der Waals surface area contributed by atoms with Gasteiger partial charge in [0.2, 0.25) is 0 Å². The smallest absolute Gasteiger partial charge is 0.0211 e. The Morgan fingerprint density at radius 1 is 1.22 bits per heavy atom. The first-order valence-electron chi connectivity index (χ1n) is 3.43. The molecule has 9 heavy (non-hydrogen) atoms. The quantitative estimate of drug-likeness (QED) is 0.313. The number of alkyl halides is 1. The van der Waals surface area contributed by atoms with Gasteiger partial charge in [0.05, 0.1) is 0 Å². The van der Waals surface area contributed by atoms with Crippen molar-refractivity contribution in [3.8, 4) is 0 Å². The van der Waals surface area contributed by atoms with Crippen LogP contribution in [0.15, 0.2) is 0 Å². The summed E-state index contributed by atoms with van der Waals surface area (Å²) in [5, 5.41) is 0. The molecule has 0 atom stereocenters. The number of rotatable bonds is 1. The Morgan fingerprint density at radius 3 is 2.22 bits per heavy atom. The van der Waals surface area contributed by atoms with Crippen LogP contribution < -0.4 is 11.3 Å². The molecule has 1 rings (SSSR count). The third-order valence-electron chi connectivity index (χ3n) is 1.89. The lowest BCUT2D eigenvalue weighted by atomic mass is 9.96. The van der Waals surface area contributed by atoms with Crippen LogP contribution in [-0.2, 0) is 0 Å². The van der Waals surface area contributed by atoms with E-state index in [1.54, 1.807) is 0 Å². The van der Waals surface area contributed by atoms with E-state index in [1.165, 1.54) is 25.7 Å². The van der Waals surface area contributed by atoms with Crippen LogP contribution in [0, 0.1) is 0 Å². The van der Waals surface area contributed by atoms with Gasteiger partial charge in [-0.05, 0) is 25.7 Å². The van der Waals surface area contributed by atoms with Gasteiger partial charge >= 0.3 is 0 Å². The van der Waals surface area contributed by atoms with Gasteiger partial charge in [-0.1, -0.05) is 22.6 Å². The first kappa shape index (κ1) is 7.75. The van der Waals surface area contributed by atoms with Crippen molar-refractivity contribution in [1.82, 2.24) is 5.43 Å². The number of nitrogens with two attached hydrogens (primary N) is 1. The van der Waals surface area contributed by atoms with Gasteiger partial charge in [0, 0.05) is 9.97 Å². The molecule has 0 radical (unpaired) electrons. The fraction of sp³-hybridized carbons (Fsp3) is 1.00. The molecule has 0 aromatic carbocycles. The number of hydrogen-bond acceptors (Lipinski definition) is 2. The molecule has 0 unspecified atom stereocenters. The van der Waals surface area contributed by atoms with E-state index in [1.807, 2.05) is 0 Å². The third-order valence-corrected chi connectivity index (χ3v) is 3.14. The van der Waals surface area contributed by atoms with Crippen LogP contribution in [0.2, 0.25) is 0 Å². The van der Waals surface area contributed by atoms with E-state index >= 15 is 0 Å². The molecule has 0 amide bonds. The molecule has 0 aromatic rings. The van der Waals surface area contributed by atoms with E-state index in [2.05, 4.69) is 28.0 Å². The van der Waals surface area contributed by atoms with Crippen molar-refractivity contribution >= 4 is 22.6 Å². The fourth-order valence-electron chi connectivity index (χ4n) is 1.22. The zero-order valence-corrected chi connectivity index (χ0v) is 7.60. The minimum atomic E-state index is 0.594. The Kier molecular flexibility index (Phi) is 3.21. The van der Waals surface area contributed by atoms with E-state index in [9.17, 15) is 0 Å². The van der Waals surface area contributed by atoms with Gasteiger partial charge < -0.3 is 0 Å². The second-order valence-electron chi connectivity index (χ2n) is 2.62. The van der Waals surface area contributed by atoms with E-state index < -0.39 is 0 Å². The number of hydrogen-bond donors (Lipinski definition) is 2. The Morgan fingerprint density at radius 2 is 1.78 bits per heavy atom. The van der Waals surface area contributed by atoms with Gasteiger partial charge in [-0.15, -0.1) is 0 Å². The molecule has 0 aliphatic heterocycles. The molecule has 0 spiro atoms. The molecular formula is C6H13IN2.